The lowest BCUT2D eigenvalue weighted by molar-refractivity contribution is -0.660. The molecule has 0 N–H and O–H groups in total. The Labute approximate surface area is 279 Å². The van der Waals surface area contributed by atoms with Gasteiger partial charge in [-0.15, -0.1) is 0 Å². The van der Waals surface area contributed by atoms with Gasteiger partial charge >= 0.3 is 0 Å². The van der Waals surface area contributed by atoms with E-state index >= 15 is 0 Å². The van der Waals surface area contributed by atoms with Gasteiger partial charge in [0.05, 0.1) is 17.2 Å². The van der Waals surface area contributed by atoms with Gasteiger partial charge in [0, 0.05) is 32.6 Å². The fourth-order valence-corrected chi connectivity index (χ4v) is 8.26. The highest BCUT2D eigenvalue weighted by molar-refractivity contribution is 6.14. The normalized spacial score (nSPS) is 22.3. The average Bonchev–Trinajstić information content (AvgIpc) is 3.47. The van der Waals surface area contributed by atoms with Crippen molar-refractivity contribution in [1.82, 2.24) is 0 Å². The number of fused-ring (bicyclic) bond motifs is 3. The second-order valence-corrected chi connectivity index (χ2v) is 14.9. The summed E-state index contributed by atoms with van der Waals surface area (Å²) in [7, 11) is 1.98. The first-order valence-corrected chi connectivity index (χ1v) is 17.3. The van der Waals surface area contributed by atoms with Crippen LogP contribution in [0.1, 0.15) is 111 Å². The summed E-state index contributed by atoms with van der Waals surface area (Å²) in [5.41, 5.74) is 7.56. The molecule has 3 aromatic carbocycles. The number of aryl methyl sites for hydroxylation is 2. The predicted octanol–water partition coefficient (Wildman–Crippen LogP) is 11.4. The summed E-state index contributed by atoms with van der Waals surface area (Å²) in [5.74, 6) is 1.07. The van der Waals surface area contributed by atoms with Crippen molar-refractivity contribution < 1.29 is 13.1 Å². The molecule has 0 atom stereocenters. The number of furan rings is 1. The first-order valence-electron chi connectivity index (χ1n) is 18.8. The van der Waals surface area contributed by atoms with Crippen molar-refractivity contribution in [3.8, 4) is 28.5 Å². The SMILES string of the molecule is [2H]C1(c2ccc(-c3c(C#N)ccc4c3oc3c(-c5cc(C([2H])([2H])C(C)(C)C)cc[n+]5C)c(C)ccc34)cc2)CCC(C2CCCCC2)CC1. The van der Waals surface area contributed by atoms with Gasteiger partial charge in [-0.2, -0.15) is 5.26 Å². The first-order chi connectivity index (χ1) is 23.3. The Bertz CT molecular complexity index is 2070. The number of benzene rings is 3. The molecule has 0 saturated heterocycles. The molecule has 2 saturated carbocycles. The number of aromatic nitrogens is 1. The van der Waals surface area contributed by atoms with E-state index in [9.17, 15) is 6.63 Å². The molecule has 0 radical (unpaired) electrons. The summed E-state index contributed by atoms with van der Waals surface area (Å²) < 4.78 is 36.2. The van der Waals surface area contributed by atoms with E-state index in [4.69, 9.17) is 7.16 Å². The topological polar surface area (TPSA) is 40.8 Å². The molecule has 0 amide bonds. The minimum absolute atomic E-state index is 0.553. The highest BCUT2D eigenvalue weighted by Gasteiger charge is 2.29. The van der Waals surface area contributed by atoms with Crippen LogP contribution >= 0.6 is 0 Å². The Morgan fingerprint density at radius 2 is 1.50 bits per heavy atom. The van der Waals surface area contributed by atoms with Crippen LogP contribution in [-0.4, -0.2) is 0 Å². The first kappa shape index (κ1) is 27.2. The number of hydrogen-bond acceptors (Lipinski definition) is 2. The largest absolute Gasteiger partial charge is 0.454 e. The number of pyridine rings is 1. The van der Waals surface area contributed by atoms with Gasteiger partial charge in [-0.25, -0.2) is 4.57 Å². The fraction of sp³-hybridized carbons (Fsp3) is 0.442. The van der Waals surface area contributed by atoms with Crippen LogP contribution in [0.4, 0.5) is 0 Å². The minimum Gasteiger partial charge on any atom is -0.454 e. The molecule has 2 aliphatic rings. The van der Waals surface area contributed by atoms with Gasteiger partial charge < -0.3 is 4.42 Å². The van der Waals surface area contributed by atoms with Crippen LogP contribution in [-0.2, 0) is 13.4 Å². The van der Waals surface area contributed by atoms with E-state index in [1.807, 2.05) is 62.8 Å². The third kappa shape index (κ3) is 5.88. The molecule has 2 aromatic heterocycles. The van der Waals surface area contributed by atoms with E-state index in [1.165, 1.54) is 32.1 Å². The van der Waals surface area contributed by atoms with E-state index in [-0.39, 0.29) is 0 Å². The summed E-state index contributed by atoms with van der Waals surface area (Å²) in [5, 5.41) is 12.2. The van der Waals surface area contributed by atoms with Crippen LogP contribution in [0.2, 0.25) is 0 Å². The molecule has 2 heterocycles. The van der Waals surface area contributed by atoms with Crippen LogP contribution in [0.25, 0.3) is 44.3 Å². The van der Waals surface area contributed by atoms with E-state index in [1.54, 1.807) is 0 Å². The zero-order valence-corrected chi connectivity index (χ0v) is 28.2. The molecule has 2 fully saturated rings. The van der Waals surface area contributed by atoms with Gasteiger partial charge in [0.1, 0.15) is 18.2 Å². The molecule has 3 heteroatoms. The van der Waals surface area contributed by atoms with Crippen molar-refractivity contribution in [3.63, 3.8) is 0 Å². The number of nitriles is 1. The van der Waals surface area contributed by atoms with Crippen molar-refractivity contribution in [3.05, 3.63) is 89.1 Å². The lowest BCUT2D eigenvalue weighted by atomic mass is 9.70. The minimum atomic E-state index is -1.54. The van der Waals surface area contributed by atoms with Gasteiger partial charge in [0.2, 0.25) is 5.69 Å². The Morgan fingerprint density at radius 3 is 2.17 bits per heavy atom. The Balaban J connectivity index is 1.29. The van der Waals surface area contributed by atoms with E-state index in [2.05, 4.69) is 49.4 Å². The van der Waals surface area contributed by atoms with E-state index in [0.29, 0.717) is 16.7 Å². The highest BCUT2D eigenvalue weighted by Crippen LogP contribution is 2.45. The third-order valence-electron chi connectivity index (χ3n) is 10.6. The van der Waals surface area contributed by atoms with Crippen LogP contribution in [0.15, 0.2) is 71.3 Å². The molecule has 236 valence electrons. The van der Waals surface area contributed by atoms with Crippen molar-refractivity contribution >= 4 is 21.9 Å². The molecule has 46 heavy (non-hydrogen) atoms. The fourth-order valence-electron chi connectivity index (χ4n) is 8.26. The maximum atomic E-state index is 10.3. The van der Waals surface area contributed by atoms with Crippen LogP contribution in [0.5, 0.6) is 0 Å². The zero-order valence-electron chi connectivity index (χ0n) is 31.2. The van der Waals surface area contributed by atoms with Gasteiger partial charge in [-0.05, 0) is 96.5 Å². The molecule has 5 aromatic rings. The Kier molecular flexibility index (Phi) is 7.32. The monoisotopic (exact) mass is 612 g/mol. The molecule has 0 bridgehead atoms. The number of nitrogens with zero attached hydrogens (tertiary/aromatic N) is 2. The van der Waals surface area contributed by atoms with Crippen molar-refractivity contribution in [2.45, 2.75) is 97.7 Å². The van der Waals surface area contributed by atoms with Gasteiger partial charge in [0.15, 0.2) is 6.20 Å². The van der Waals surface area contributed by atoms with Crippen molar-refractivity contribution in [2.75, 3.05) is 0 Å². The summed E-state index contributed by atoms with van der Waals surface area (Å²) in [6.07, 6.45) is 11.4. The molecule has 7 rings (SSSR count). The zero-order chi connectivity index (χ0) is 34.7. The van der Waals surface area contributed by atoms with Gasteiger partial charge in [0.25, 0.3) is 0 Å². The molecular formula is C43H49N2O+. The molecular weight excluding hydrogens is 560 g/mol. The number of hydrogen-bond donors (Lipinski definition) is 0. The summed E-state index contributed by atoms with van der Waals surface area (Å²) >= 11 is 0. The van der Waals surface area contributed by atoms with Crippen LogP contribution in [0.3, 0.4) is 0 Å². The Hall–Kier alpha value is -3.90. The van der Waals surface area contributed by atoms with Crippen LogP contribution < -0.4 is 4.57 Å². The maximum Gasteiger partial charge on any atom is 0.216 e. The lowest BCUT2D eigenvalue weighted by Crippen LogP contribution is -2.31. The molecule has 2 aliphatic carbocycles. The molecule has 3 nitrogen and oxygen atoms in total. The van der Waals surface area contributed by atoms with Gasteiger partial charge in [-0.1, -0.05) is 89.3 Å². The standard InChI is InChI=1S/C43H49N2O/c1-28-11-21-36-37-22-20-35(27-44)40(42(37)46-41(36)39(28)38-25-29(23-24-45(38)5)26-43(2,3)4)34-18-16-33(17-19-34)32-14-12-31(13-15-32)30-9-7-6-8-10-30/h11,16-25,30-32H,6-10,12-15,26H2,1-5H3/q+1/i26D2,32D. The van der Waals surface area contributed by atoms with Crippen molar-refractivity contribution in [2.24, 2.45) is 24.3 Å². The molecule has 0 unspecified atom stereocenters. The summed E-state index contributed by atoms with van der Waals surface area (Å²) in [6, 6.07) is 22.7. The highest BCUT2D eigenvalue weighted by atomic mass is 16.3. The Morgan fingerprint density at radius 1 is 0.848 bits per heavy atom. The predicted molar refractivity (Wildman–Crippen MR) is 190 cm³/mol. The second kappa shape index (κ2) is 12.4. The third-order valence-corrected chi connectivity index (χ3v) is 10.6. The smallest absolute Gasteiger partial charge is 0.216 e. The van der Waals surface area contributed by atoms with E-state index < -0.39 is 17.7 Å². The maximum absolute atomic E-state index is 10.3. The lowest BCUT2D eigenvalue weighted by Gasteiger charge is -2.36. The van der Waals surface area contributed by atoms with Gasteiger partial charge in [-0.3, -0.25) is 0 Å². The number of rotatable bonds is 5. The quantitative estimate of drug-likeness (QED) is 0.185. The summed E-state index contributed by atoms with van der Waals surface area (Å²) in [6.45, 7) is 7.85. The summed E-state index contributed by atoms with van der Waals surface area (Å²) in [4.78, 5) is 0. The average molecular weight is 613 g/mol. The molecule has 0 spiro atoms. The molecule has 0 aliphatic heterocycles. The second-order valence-electron chi connectivity index (χ2n) is 14.9. The van der Waals surface area contributed by atoms with Crippen LogP contribution in [0, 0.1) is 35.5 Å². The van der Waals surface area contributed by atoms with Crippen molar-refractivity contribution in [1.29, 1.82) is 5.26 Å². The van der Waals surface area contributed by atoms with E-state index in [0.717, 1.165) is 87.4 Å².